The Kier molecular flexibility index (Phi) is 4.55. The van der Waals surface area contributed by atoms with Crippen molar-refractivity contribution in [2.24, 2.45) is 0 Å². The summed E-state index contributed by atoms with van der Waals surface area (Å²) in [7, 11) is 4.97. The predicted molar refractivity (Wildman–Crippen MR) is 82.0 cm³/mol. The molecule has 7 heteroatoms. The Morgan fingerprint density at radius 2 is 2.05 bits per heavy atom. The lowest BCUT2D eigenvalue weighted by atomic mass is 10.1. The van der Waals surface area contributed by atoms with Crippen molar-refractivity contribution in [1.82, 2.24) is 9.97 Å². The van der Waals surface area contributed by atoms with Crippen LogP contribution in [0.25, 0.3) is 0 Å². The van der Waals surface area contributed by atoms with E-state index in [0.717, 1.165) is 5.56 Å². The molecule has 2 rings (SSSR count). The van der Waals surface area contributed by atoms with Gasteiger partial charge >= 0.3 is 0 Å². The van der Waals surface area contributed by atoms with Crippen molar-refractivity contribution in [2.75, 3.05) is 31.4 Å². The third-order valence-electron chi connectivity index (χ3n) is 3.01. The van der Waals surface area contributed by atoms with E-state index in [1.807, 2.05) is 0 Å². The van der Waals surface area contributed by atoms with Crippen molar-refractivity contribution in [3.63, 3.8) is 0 Å². The molecule has 0 aliphatic carbocycles. The van der Waals surface area contributed by atoms with Gasteiger partial charge < -0.3 is 15.0 Å². The highest BCUT2D eigenvalue weighted by Crippen LogP contribution is 2.30. The summed E-state index contributed by atoms with van der Waals surface area (Å²) in [6.45, 7) is 1.79. The van der Waals surface area contributed by atoms with Gasteiger partial charge in [-0.2, -0.15) is 4.98 Å². The number of halogens is 1. The number of nitrogens with zero attached hydrogens (tertiary/aromatic N) is 3. The lowest BCUT2D eigenvalue weighted by Crippen LogP contribution is -2.20. The molecule has 0 spiro atoms. The normalized spacial score (nSPS) is 10.2. The fourth-order valence-corrected chi connectivity index (χ4v) is 1.96. The minimum absolute atomic E-state index is 0.0457. The standard InChI is InChI=1S/C15H17FN4O2/c1-9-5-6-11(16)10(7-9)14(21)19-12-13(20(2)3)17-8-18-15(12)22-4/h5-8H,1-4H3,(H,19,21). The van der Waals surface area contributed by atoms with Gasteiger partial charge in [0.2, 0.25) is 5.88 Å². The van der Waals surface area contributed by atoms with Crippen molar-refractivity contribution < 1.29 is 13.9 Å². The van der Waals surface area contributed by atoms with Crippen LogP contribution in [0.4, 0.5) is 15.9 Å². The van der Waals surface area contributed by atoms with Crippen LogP contribution in [0.2, 0.25) is 0 Å². The van der Waals surface area contributed by atoms with Crippen LogP contribution in [0.15, 0.2) is 24.5 Å². The summed E-state index contributed by atoms with van der Waals surface area (Å²) in [5, 5.41) is 2.63. The monoisotopic (exact) mass is 304 g/mol. The maximum atomic E-state index is 13.8. The van der Waals surface area contributed by atoms with Crippen molar-refractivity contribution in [1.29, 1.82) is 0 Å². The van der Waals surface area contributed by atoms with Crippen molar-refractivity contribution in [2.45, 2.75) is 6.92 Å². The van der Waals surface area contributed by atoms with E-state index in [-0.39, 0.29) is 11.4 Å². The Hall–Kier alpha value is -2.70. The number of rotatable bonds is 4. The number of ether oxygens (including phenoxy) is 1. The smallest absolute Gasteiger partial charge is 0.258 e. The maximum absolute atomic E-state index is 13.8. The summed E-state index contributed by atoms with van der Waals surface area (Å²) in [6, 6.07) is 4.34. The number of methoxy groups -OCH3 is 1. The molecule has 0 atom stereocenters. The van der Waals surface area contributed by atoms with E-state index >= 15 is 0 Å². The summed E-state index contributed by atoms with van der Waals surface area (Å²) in [6.07, 6.45) is 1.33. The van der Waals surface area contributed by atoms with Gasteiger partial charge in [0.1, 0.15) is 17.8 Å². The first-order valence-corrected chi connectivity index (χ1v) is 6.58. The molecule has 0 radical (unpaired) electrons. The quantitative estimate of drug-likeness (QED) is 0.938. The van der Waals surface area contributed by atoms with Gasteiger partial charge in [-0.1, -0.05) is 11.6 Å². The summed E-state index contributed by atoms with van der Waals surface area (Å²) in [5.41, 5.74) is 1.03. The number of aryl methyl sites for hydroxylation is 1. The highest BCUT2D eigenvalue weighted by atomic mass is 19.1. The minimum atomic E-state index is -0.592. The highest BCUT2D eigenvalue weighted by Gasteiger charge is 2.19. The van der Waals surface area contributed by atoms with Crippen LogP contribution in [0.3, 0.4) is 0 Å². The first-order chi connectivity index (χ1) is 10.4. The molecule has 1 N–H and O–H groups in total. The molecule has 116 valence electrons. The van der Waals surface area contributed by atoms with E-state index in [2.05, 4.69) is 15.3 Å². The van der Waals surface area contributed by atoms with Gasteiger partial charge in [0, 0.05) is 14.1 Å². The summed E-state index contributed by atoms with van der Waals surface area (Å²) in [4.78, 5) is 22.1. The van der Waals surface area contributed by atoms with E-state index in [1.165, 1.54) is 25.6 Å². The van der Waals surface area contributed by atoms with Crippen molar-refractivity contribution >= 4 is 17.4 Å². The van der Waals surface area contributed by atoms with Crippen LogP contribution < -0.4 is 15.0 Å². The Balaban J connectivity index is 2.42. The van der Waals surface area contributed by atoms with Gasteiger partial charge in [0.15, 0.2) is 5.82 Å². The molecule has 1 aromatic carbocycles. The molecule has 0 saturated heterocycles. The molecule has 2 aromatic rings. The molecule has 0 saturated carbocycles. The second kappa shape index (κ2) is 6.38. The molecule has 0 bridgehead atoms. The summed E-state index contributed by atoms with van der Waals surface area (Å²) < 4.78 is 19.0. The average molecular weight is 304 g/mol. The lowest BCUT2D eigenvalue weighted by molar-refractivity contribution is 0.102. The number of carbonyl (C=O) groups is 1. The third kappa shape index (κ3) is 3.13. The molecule has 6 nitrogen and oxygen atoms in total. The molecule has 0 unspecified atom stereocenters. The Morgan fingerprint density at radius 3 is 2.68 bits per heavy atom. The zero-order valence-corrected chi connectivity index (χ0v) is 12.8. The topological polar surface area (TPSA) is 67.4 Å². The van der Waals surface area contributed by atoms with E-state index in [0.29, 0.717) is 11.5 Å². The maximum Gasteiger partial charge on any atom is 0.258 e. The largest absolute Gasteiger partial charge is 0.479 e. The molecule has 0 aliphatic rings. The van der Waals surface area contributed by atoms with Crippen LogP contribution in [0.1, 0.15) is 15.9 Å². The van der Waals surface area contributed by atoms with Gasteiger partial charge in [-0.15, -0.1) is 0 Å². The van der Waals surface area contributed by atoms with E-state index in [4.69, 9.17) is 4.74 Å². The average Bonchev–Trinajstić information content (AvgIpc) is 2.49. The molecule has 0 fully saturated rings. The highest BCUT2D eigenvalue weighted by molar-refractivity contribution is 6.06. The summed E-state index contributed by atoms with van der Waals surface area (Å²) in [5.74, 6) is -0.504. The lowest BCUT2D eigenvalue weighted by Gasteiger charge is -2.18. The van der Waals surface area contributed by atoms with Crippen LogP contribution in [-0.2, 0) is 0 Å². The number of amides is 1. The molecular weight excluding hydrogens is 287 g/mol. The van der Waals surface area contributed by atoms with Gasteiger partial charge in [-0.05, 0) is 19.1 Å². The van der Waals surface area contributed by atoms with Gasteiger partial charge in [0.25, 0.3) is 5.91 Å². The third-order valence-corrected chi connectivity index (χ3v) is 3.01. The molecule has 0 aliphatic heterocycles. The molecule has 1 amide bonds. The first kappa shape index (κ1) is 15.7. The second-order valence-corrected chi connectivity index (χ2v) is 4.91. The predicted octanol–water partition coefficient (Wildman–Crippen LogP) is 2.25. The van der Waals surface area contributed by atoms with Crippen LogP contribution in [0, 0.1) is 12.7 Å². The fraction of sp³-hybridized carbons (Fsp3) is 0.267. The fourth-order valence-electron chi connectivity index (χ4n) is 1.96. The second-order valence-electron chi connectivity index (χ2n) is 4.91. The minimum Gasteiger partial charge on any atom is -0.479 e. The zero-order chi connectivity index (χ0) is 16.3. The number of carbonyl (C=O) groups excluding carboxylic acids is 1. The van der Waals surface area contributed by atoms with Gasteiger partial charge in [-0.3, -0.25) is 4.79 Å². The zero-order valence-electron chi connectivity index (χ0n) is 12.8. The van der Waals surface area contributed by atoms with Crippen LogP contribution in [-0.4, -0.2) is 37.1 Å². The Labute approximate surface area is 128 Å². The van der Waals surface area contributed by atoms with Crippen LogP contribution in [0.5, 0.6) is 5.88 Å². The first-order valence-electron chi connectivity index (χ1n) is 6.58. The number of nitrogens with one attached hydrogen (secondary N) is 1. The number of benzene rings is 1. The van der Waals surface area contributed by atoms with E-state index < -0.39 is 11.7 Å². The van der Waals surface area contributed by atoms with Crippen molar-refractivity contribution in [3.8, 4) is 5.88 Å². The summed E-state index contributed by atoms with van der Waals surface area (Å²) >= 11 is 0. The molecule has 1 heterocycles. The number of hydrogen-bond donors (Lipinski definition) is 1. The van der Waals surface area contributed by atoms with Gasteiger partial charge in [-0.25, -0.2) is 9.37 Å². The Morgan fingerprint density at radius 1 is 1.32 bits per heavy atom. The number of aromatic nitrogens is 2. The molecular formula is C15H17FN4O2. The van der Waals surface area contributed by atoms with E-state index in [9.17, 15) is 9.18 Å². The van der Waals surface area contributed by atoms with Crippen LogP contribution >= 0.6 is 0 Å². The number of anilines is 2. The van der Waals surface area contributed by atoms with Crippen molar-refractivity contribution in [3.05, 3.63) is 41.5 Å². The van der Waals surface area contributed by atoms with Gasteiger partial charge in [0.05, 0.1) is 12.7 Å². The number of hydrogen-bond acceptors (Lipinski definition) is 5. The molecule has 22 heavy (non-hydrogen) atoms. The Bertz CT molecular complexity index is 704. The van der Waals surface area contributed by atoms with E-state index in [1.54, 1.807) is 32.0 Å². The SMILES string of the molecule is COc1ncnc(N(C)C)c1NC(=O)c1cc(C)ccc1F. The molecule has 1 aromatic heterocycles.